The minimum absolute atomic E-state index is 0.0632. The highest BCUT2D eigenvalue weighted by atomic mass is 16.5. The van der Waals surface area contributed by atoms with Gasteiger partial charge in [0.05, 0.1) is 7.11 Å². The van der Waals surface area contributed by atoms with Crippen LogP contribution >= 0.6 is 0 Å². The minimum Gasteiger partial charge on any atom is -0.481 e. The highest BCUT2D eigenvalue weighted by Gasteiger charge is 2.19. The van der Waals surface area contributed by atoms with Crippen LogP contribution in [0.5, 0.6) is 0 Å². The van der Waals surface area contributed by atoms with E-state index in [1.165, 1.54) is 13.2 Å². The number of nitrogens with one attached hydrogen (secondary N) is 1. The van der Waals surface area contributed by atoms with Crippen molar-refractivity contribution in [1.82, 2.24) is 10.2 Å². The Balaban J connectivity index is 2.66. The molecular weight excluding hydrogens is 250 g/mol. The summed E-state index contributed by atoms with van der Waals surface area (Å²) in [5.41, 5.74) is -0.309. The maximum absolute atomic E-state index is 11.2. The molecule has 2 N–H and O–H groups in total. The lowest BCUT2D eigenvalue weighted by atomic mass is 9.98. The Morgan fingerprint density at radius 2 is 2.05 bits per heavy atom. The van der Waals surface area contributed by atoms with Gasteiger partial charge in [-0.25, -0.2) is 4.79 Å². The molecule has 1 heterocycles. The molecule has 1 aromatic heterocycles. The normalized spacial score (nSPS) is 10.9. The molecule has 104 valence electrons. The summed E-state index contributed by atoms with van der Waals surface area (Å²) in [6.45, 7) is 3.73. The molecular formula is C12H17N3O4. The predicted octanol–water partition coefficient (Wildman–Crippen LogP) is 1.32. The van der Waals surface area contributed by atoms with E-state index in [0.29, 0.717) is 12.2 Å². The standard InChI is InChI=1S/C12H17N3O4/c1-12(2,7-6-10(16)17)13-9-5-4-8(14-15-9)11(18)19-3/h4-5H,6-7H2,1-3H3,(H,13,15)(H,16,17). The maximum atomic E-state index is 11.2. The van der Waals surface area contributed by atoms with Crippen LogP contribution in [0, 0.1) is 0 Å². The number of nitrogens with zero attached hydrogens (tertiary/aromatic N) is 2. The molecule has 0 radical (unpaired) electrons. The third-order valence-corrected chi connectivity index (χ3v) is 2.49. The Morgan fingerprint density at radius 3 is 2.53 bits per heavy atom. The number of rotatable bonds is 6. The van der Waals surface area contributed by atoms with Gasteiger partial charge in [0.25, 0.3) is 0 Å². The van der Waals surface area contributed by atoms with E-state index >= 15 is 0 Å². The summed E-state index contributed by atoms with van der Waals surface area (Å²) in [7, 11) is 1.27. The first-order valence-electron chi connectivity index (χ1n) is 5.76. The van der Waals surface area contributed by atoms with Crippen LogP contribution in [0.1, 0.15) is 37.2 Å². The Kier molecular flexibility index (Phi) is 4.80. The van der Waals surface area contributed by atoms with E-state index < -0.39 is 17.5 Å². The second kappa shape index (κ2) is 6.12. The molecule has 1 aromatic rings. The van der Waals surface area contributed by atoms with Gasteiger partial charge in [0.1, 0.15) is 5.82 Å². The van der Waals surface area contributed by atoms with Crippen LogP contribution in [0.2, 0.25) is 0 Å². The topological polar surface area (TPSA) is 101 Å². The first-order chi connectivity index (χ1) is 8.84. The SMILES string of the molecule is COC(=O)c1ccc(NC(C)(C)CCC(=O)O)nn1. The second-order valence-corrected chi connectivity index (χ2v) is 4.70. The molecule has 7 heteroatoms. The molecule has 7 nitrogen and oxygen atoms in total. The Hall–Kier alpha value is -2.18. The van der Waals surface area contributed by atoms with Crippen LogP contribution in [0.4, 0.5) is 5.82 Å². The smallest absolute Gasteiger partial charge is 0.358 e. The van der Waals surface area contributed by atoms with Crippen LogP contribution in [0.15, 0.2) is 12.1 Å². The van der Waals surface area contributed by atoms with Gasteiger partial charge in [0, 0.05) is 12.0 Å². The molecule has 19 heavy (non-hydrogen) atoms. The molecule has 0 saturated heterocycles. The van der Waals surface area contributed by atoms with E-state index in [1.807, 2.05) is 13.8 Å². The quantitative estimate of drug-likeness (QED) is 0.749. The van der Waals surface area contributed by atoms with Gasteiger partial charge < -0.3 is 15.2 Å². The van der Waals surface area contributed by atoms with Crippen LogP contribution in [-0.2, 0) is 9.53 Å². The van der Waals surface area contributed by atoms with Gasteiger partial charge in [0.15, 0.2) is 5.69 Å². The van der Waals surface area contributed by atoms with Crippen molar-refractivity contribution in [3.8, 4) is 0 Å². The third-order valence-electron chi connectivity index (χ3n) is 2.49. The monoisotopic (exact) mass is 267 g/mol. The summed E-state index contributed by atoms with van der Waals surface area (Å²) in [5.74, 6) is -0.922. The van der Waals surface area contributed by atoms with Crippen molar-refractivity contribution in [3.63, 3.8) is 0 Å². The van der Waals surface area contributed by atoms with Gasteiger partial charge in [-0.05, 0) is 32.4 Å². The van der Waals surface area contributed by atoms with E-state index in [2.05, 4.69) is 20.3 Å². The largest absolute Gasteiger partial charge is 0.481 e. The zero-order chi connectivity index (χ0) is 14.5. The molecule has 0 aliphatic rings. The Labute approximate surface area is 111 Å². The summed E-state index contributed by atoms with van der Waals surface area (Å²) in [6, 6.07) is 3.09. The first-order valence-corrected chi connectivity index (χ1v) is 5.76. The van der Waals surface area contributed by atoms with Crippen LogP contribution in [0.25, 0.3) is 0 Å². The van der Waals surface area contributed by atoms with Crippen LogP contribution in [0.3, 0.4) is 0 Å². The third kappa shape index (κ3) is 4.90. The summed E-state index contributed by atoms with van der Waals surface area (Å²) in [5, 5.41) is 19.3. The van der Waals surface area contributed by atoms with Crippen molar-refractivity contribution in [1.29, 1.82) is 0 Å². The zero-order valence-electron chi connectivity index (χ0n) is 11.1. The van der Waals surface area contributed by atoms with Crippen molar-refractivity contribution >= 4 is 17.8 Å². The number of aromatic nitrogens is 2. The molecule has 1 rings (SSSR count). The molecule has 0 aliphatic carbocycles. The molecule has 0 aromatic carbocycles. The second-order valence-electron chi connectivity index (χ2n) is 4.70. The lowest BCUT2D eigenvalue weighted by molar-refractivity contribution is -0.137. The first kappa shape index (κ1) is 14.9. The number of aliphatic carboxylic acids is 1. The number of ether oxygens (including phenoxy) is 1. The van der Waals surface area contributed by atoms with E-state index in [0.717, 1.165) is 0 Å². The highest BCUT2D eigenvalue weighted by Crippen LogP contribution is 2.17. The minimum atomic E-state index is -0.845. The molecule has 0 unspecified atom stereocenters. The van der Waals surface area contributed by atoms with Gasteiger partial charge in [-0.3, -0.25) is 4.79 Å². The average molecular weight is 267 g/mol. The number of hydrogen-bond acceptors (Lipinski definition) is 6. The maximum Gasteiger partial charge on any atom is 0.358 e. The van der Waals surface area contributed by atoms with E-state index in [4.69, 9.17) is 5.11 Å². The van der Waals surface area contributed by atoms with Gasteiger partial charge in [-0.1, -0.05) is 0 Å². The summed E-state index contributed by atoms with van der Waals surface area (Å²) in [4.78, 5) is 21.7. The Bertz CT molecular complexity index is 457. The number of hydrogen-bond donors (Lipinski definition) is 2. The lowest BCUT2D eigenvalue weighted by Crippen LogP contribution is -2.32. The molecule has 0 aliphatic heterocycles. The summed E-state index contributed by atoms with van der Waals surface area (Å²) >= 11 is 0. The van der Waals surface area contributed by atoms with E-state index in [9.17, 15) is 9.59 Å². The number of carbonyl (C=O) groups is 2. The summed E-state index contributed by atoms with van der Waals surface area (Å²) in [6.07, 6.45) is 0.510. The molecule has 0 bridgehead atoms. The van der Waals surface area contributed by atoms with Crippen molar-refractivity contribution in [3.05, 3.63) is 17.8 Å². The van der Waals surface area contributed by atoms with Gasteiger partial charge in [0.2, 0.25) is 0 Å². The lowest BCUT2D eigenvalue weighted by Gasteiger charge is -2.25. The number of carboxylic acid groups (broad SMARTS) is 1. The number of carbonyl (C=O) groups excluding carboxylic acids is 1. The number of anilines is 1. The van der Waals surface area contributed by atoms with Crippen LogP contribution in [-0.4, -0.2) is 39.9 Å². The van der Waals surface area contributed by atoms with Gasteiger partial charge in [-0.15, -0.1) is 10.2 Å². The van der Waals surface area contributed by atoms with Crippen molar-refractivity contribution in [2.24, 2.45) is 0 Å². The number of methoxy groups -OCH3 is 1. The summed E-state index contributed by atoms with van der Waals surface area (Å²) < 4.78 is 4.51. The molecule has 0 amide bonds. The molecule has 0 atom stereocenters. The fraction of sp³-hybridized carbons (Fsp3) is 0.500. The molecule has 0 spiro atoms. The average Bonchev–Trinajstić information content (AvgIpc) is 2.36. The van der Waals surface area contributed by atoms with Gasteiger partial charge in [-0.2, -0.15) is 0 Å². The van der Waals surface area contributed by atoms with E-state index in [-0.39, 0.29) is 12.1 Å². The number of carboxylic acids is 1. The fourth-order valence-electron chi connectivity index (χ4n) is 1.44. The van der Waals surface area contributed by atoms with Gasteiger partial charge >= 0.3 is 11.9 Å². The highest BCUT2D eigenvalue weighted by molar-refractivity contribution is 5.86. The predicted molar refractivity (Wildman–Crippen MR) is 67.9 cm³/mol. The van der Waals surface area contributed by atoms with Crippen molar-refractivity contribution in [2.45, 2.75) is 32.2 Å². The van der Waals surface area contributed by atoms with Crippen molar-refractivity contribution < 1.29 is 19.4 Å². The zero-order valence-corrected chi connectivity index (χ0v) is 11.1. The van der Waals surface area contributed by atoms with E-state index in [1.54, 1.807) is 6.07 Å². The fourth-order valence-corrected chi connectivity index (χ4v) is 1.44. The molecule has 0 fully saturated rings. The van der Waals surface area contributed by atoms with Crippen LogP contribution < -0.4 is 5.32 Å². The molecule has 0 saturated carbocycles. The van der Waals surface area contributed by atoms with Crippen molar-refractivity contribution in [2.75, 3.05) is 12.4 Å². The Morgan fingerprint density at radius 1 is 1.37 bits per heavy atom. The number of esters is 1.